The van der Waals surface area contributed by atoms with Crippen LogP contribution in [0.25, 0.3) is 0 Å². The maximum atomic E-state index is 10.8. The minimum absolute atomic E-state index is 0.0881. The van der Waals surface area contributed by atoms with Crippen LogP contribution < -0.4 is 0 Å². The molecule has 1 heterocycles. The van der Waals surface area contributed by atoms with E-state index in [4.69, 9.17) is 10.6 Å². The molecule has 0 aromatic rings. The van der Waals surface area contributed by atoms with Gasteiger partial charge in [0.2, 0.25) is 6.04 Å². The number of rotatable bonds is 1. The maximum Gasteiger partial charge on any atom is 0.411 e. The fourth-order valence-electron chi connectivity index (χ4n) is 1.12. The molecule has 0 aromatic heterocycles. The third kappa shape index (κ3) is 1.21. The molecule has 0 aliphatic carbocycles. The minimum atomic E-state index is -0.263. The number of amides is 1. The number of hydrogen-bond donors (Lipinski definition) is 2. The van der Waals surface area contributed by atoms with E-state index in [-0.39, 0.29) is 18.6 Å². The highest BCUT2D eigenvalue weighted by molar-refractivity contribution is 5.67. The van der Waals surface area contributed by atoms with Gasteiger partial charge in [-0.2, -0.15) is 0 Å². The van der Waals surface area contributed by atoms with Crippen LogP contribution in [0.5, 0.6) is 0 Å². The van der Waals surface area contributed by atoms with E-state index in [1.807, 2.05) is 0 Å². The van der Waals surface area contributed by atoms with Crippen molar-refractivity contribution in [1.82, 2.24) is 0 Å². The Bertz CT molecular complexity index is 167. The summed E-state index contributed by atoms with van der Waals surface area (Å²) in [6, 6.07) is -0.263. The van der Waals surface area contributed by atoms with Crippen LogP contribution in [0.4, 0.5) is 0 Å². The van der Waals surface area contributed by atoms with Crippen molar-refractivity contribution in [1.29, 1.82) is 5.53 Å². The van der Waals surface area contributed by atoms with E-state index in [0.717, 1.165) is 17.5 Å². The summed E-state index contributed by atoms with van der Waals surface area (Å²) < 4.78 is 0.892. The van der Waals surface area contributed by atoms with Crippen LogP contribution in [-0.2, 0) is 4.79 Å². The van der Waals surface area contributed by atoms with Gasteiger partial charge in [-0.3, -0.25) is 0 Å². The number of nitrogens with one attached hydrogen (secondary N) is 1. The van der Waals surface area contributed by atoms with Crippen molar-refractivity contribution < 1.29 is 14.6 Å². The van der Waals surface area contributed by atoms with Gasteiger partial charge in [0.25, 0.3) is 0 Å². The van der Waals surface area contributed by atoms with E-state index in [1.165, 1.54) is 0 Å². The van der Waals surface area contributed by atoms with E-state index in [1.54, 1.807) is 0 Å². The number of piperidine rings is 1. The third-order valence-corrected chi connectivity index (χ3v) is 1.77. The molecule has 1 rings (SSSR count). The van der Waals surface area contributed by atoms with Crippen molar-refractivity contribution in [3.8, 4) is 0 Å². The molecule has 1 fully saturated rings. The molecule has 2 N–H and O–H groups in total. The first-order chi connectivity index (χ1) is 4.75. The molecule has 0 radical (unpaired) electrons. The lowest BCUT2D eigenvalue weighted by Crippen LogP contribution is -2.36. The standard InChI is InChI=1S/C6H11N2O2/c7-8-5(4-9)2-1-3-6(8)10/h5,7,9H,1-4H2/q+1. The molecule has 0 saturated carbocycles. The van der Waals surface area contributed by atoms with Gasteiger partial charge in [0.1, 0.15) is 6.61 Å². The molecular weight excluding hydrogens is 132 g/mol. The molecule has 1 unspecified atom stereocenters. The average Bonchev–Trinajstić information content (AvgIpc) is 1.95. The second-order valence-electron chi connectivity index (χ2n) is 2.49. The smallest absolute Gasteiger partial charge is 0.389 e. The van der Waals surface area contributed by atoms with E-state index >= 15 is 0 Å². The van der Waals surface area contributed by atoms with E-state index in [2.05, 4.69) is 0 Å². The Morgan fingerprint density at radius 2 is 2.50 bits per heavy atom. The maximum absolute atomic E-state index is 10.8. The Morgan fingerprint density at radius 3 is 3.00 bits per heavy atom. The summed E-state index contributed by atoms with van der Waals surface area (Å²) in [6.45, 7) is -0.0881. The molecule has 1 aliphatic rings. The predicted molar refractivity (Wildman–Crippen MR) is 32.7 cm³/mol. The lowest BCUT2D eigenvalue weighted by molar-refractivity contribution is -0.580. The Labute approximate surface area is 59.0 Å². The van der Waals surface area contributed by atoms with Gasteiger partial charge < -0.3 is 5.11 Å². The number of hydrogen-bond acceptors (Lipinski definition) is 3. The Balaban J connectivity index is 2.60. The van der Waals surface area contributed by atoms with Crippen molar-refractivity contribution in [3.63, 3.8) is 0 Å². The van der Waals surface area contributed by atoms with Gasteiger partial charge in [0, 0.05) is 6.42 Å². The number of aliphatic hydroxyl groups is 1. The van der Waals surface area contributed by atoms with Crippen molar-refractivity contribution in [2.45, 2.75) is 25.3 Å². The lowest BCUT2D eigenvalue weighted by Gasteiger charge is -2.11. The van der Waals surface area contributed by atoms with Gasteiger partial charge in [-0.05, 0) is 6.42 Å². The van der Waals surface area contributed by atoms with Gasteiger partial charge in [-0.1, -0.05) is 10.2 Å². The van der Waals surface area contributed by atoms with Crippen LogP contribution in [0.2, 0.25) is 0 Å². The Hall–Kier alpha value is -0.770. The van der Waals surface area contributed by atoms with E-state index < -0.39 is 0 Å². The molecule has 1 amide bonds. The van der Waals surface area contributed by atoms with Gasteiger partial charge >= 0.3 is 5.91 Å². The third-order valence-electron chi connectivity index (χ3n) is 1.77. The molecule has 1 aliphatic heterocycles. The molecule has 1 atom stereocenters. The first-order valence-electron chi connectivity index (χ1n) is 3.40. The van der Waals surface area contributed by atoms with Crippen molar-refractivity contribution in [2.24, 2.45) is 0 Å². The van der Waals surface area contributed by atoms with Crippen LogP contribution in [0.3, 0.4) is 0 Å². The molecule has 1 saturated heterocycles. The average molecular weight is 143 g/mol. The predicted octanol–water partition coefficient (Wildman–Crippen LogP) is 0.101. The van der Waals surface area contributed by atoms with Crippen molar-refractivity contribution in [2.75, 3.05) is 6.61 Å². The SMILES string of the molecule is N=[N+]1C(=O)CCCC1CO. The van der Waals surface area contributed by atoms with E-state index in [9.17, 15) is 4.79 Å². The quantitative estimate of drug-likeness (QED) is 0.511. The first-order valence-corrected chi connectivity index (χ1v) is 3.40. The number of carbonyl (C=O) groups excluding carboxylic acids is 1. The monoisotopic (exact) mass is 143 g/mol. The summed E-state index contributed by atoms with van der Waals surface area (Å²) in [5.74, 6) is -0.176. The van der Waals surface area contributed by atoms with Gasteiger partial charge in [-0.15, -0.1) is 0 Å². The molecule has 10 heavy (non-hydrogen) atoms. The molecule has 56 valence electrons. The molecule has 0 spiro atoms. The summed E-state index contributed by atoms with van der Waals surface area (Å²) in [7, 11) is 0. The summed E-state index contributed by atoms with van der Waals surface area (Å²) in [4.78, 5) is 10.8. The summed E-state index contributed by atoms with van der Waals surface area (Å²) in [5, 5.41) is 8.67. The van der Waals surface area contributed by atoms with Crippen molar-refractivity contribution >= 4 is 5.91 Å². The minimum Gasteiger partial charge on any atom is -0.389 e. The summed E-state index contributed by atoms with van der Waals surface area (Å²) in [6.07, 6.45) is 2.02. The highest BCUT2D eigenvalue weighted by Crippen LogP contribution is 2.12. The molecule has 0 aromatic carbocycles. The second kappa shape index (κ2) is 2.88. The van der Waals surface area contributed by atoms with Crippen LogP contribution >= 0.6 is 0 Å². The molecule has 4 heteroatoms. The molecular formula is C6H11N2O2+. The van der Waals surface area contributed by atoms with Gasteiger partial charge in [0.15, 0.2) is 0 Å². The topological polar surface area (TPSA) is 64.2 Å². The van der Waals surface area contributed by atoms with Gasteiger partial charge in [-0.25, -0.2) is 4.79 Å². The highest BCUT2D eigenvalue weighted by atomic mass is 16.3. The number of nitrogens with zero attached hydrogens (tertiary/aromatic N) is 1. The molecule has 4 nitrogen and oxygen atoms in total. The van der Waals surface area contributed by atoms with Crippen LogP contribution in [0.15, 0.2) is 0 Å². The zero-order chi connectivity index (χ0) is 7.56. The highest BCUT2D eigenvalue weighted by Gasteiger charge is 2.32. The fraction of sp³-hybridized carbons (Fsp3) is 0.833. The van der Waals surface area contributed by atoms with Crippen LogP contribution in [0, 0.1) is 5.53 Å². The summed E-state index contributed by atoms with van der Waals surface area (Å²) >= 11 is 0. The summed E-state index contributed by atoms with van der Waals surface area (Å²) in [5.41, 5.74) is 7.16. The normalized spacial score (nSPS) is 27.1. The van der Waals surface area contributed by atoms with Crippen LogP contribution in [-0.4, -0.2) is 28.4 Å². The second-order valence-corrected chi connectivity index (χ2v) is 2.49. The number of aliphatic hydroxyl groups excluding tert-OH is 1. The first kappa shape index (κ1) is 7.34. The van der Waals surface area contributed by atoms with Crippen molar-refractivity contribution in [3.05, 3.63) is 0 Å². The van der Waals surface area contributed by atoms with Gasteiger partial charge in [0.05, 0.1) is 6.42 Å². The largest absolute Gasteiger partial charge is 0.411 e. The van der Waals surface area contributed by atoms with E-state index in [0.29, 0.717) is 6.42 Å². The number of carbonyl (C=O) groups is 1. The lowest BCUT2D eigenvalue weighted by atomic mass is 10.1. The Kier molecular flexibility index (Phi) is 2.11. The molecule has 0 bridgehead atoms. The fourth-order valence-corrected chi connectivity index (χ4v) is 1.12. The van der Waals surface area contributed by atoms with Crippen LogP contribution in [0.1, 0.15) is 19.3 Å². The Morgan fingerprint density at radius 1 is 1.80 bits per heavy atom. The zero-order valence-electron chi connectivity index (χ0n) is 5.71. The zero-order valence-corrected chi connectivity index (χ0v) is 5.71.